The van der Waals surface area contributed by atoms with Gasteiger partial charge in [-0.2, -0.15) is 0 Å². The molecule has 0 atom stereocenters. The second kappa shape index (κ2) is 5.14. The lowest BCUT2D eigenvalue weighted by atomic mass is 10.2. The molecule has 1 heterocycles. The van der Waals surface area contributed by atoms with E-state index in [1.54, 1.807) is 37.4 Å². The Kier molecular flexibility index (Phi) is 3.79. The summed E-state index contributed by atoms with van der Waals surface area (Å²) in [6.45, 7) is 1.69. The molecule has 0 unspecified atom stereocenters. The van der Waals surface area contributed by atoms with Crippen molar-refractivity contribution in [2.45, 2.75) is 6.92 Å². The van der Waals surface area contributed by atoms with Gasteiger partial charge in [-0.1, -0.05) is 12.1 Å². The first-order chi connectivity index (χ1) is 8.08. The van der Waals surface area contributed by atoms with Gasteiger partial charge in [-0.25, -0.2) is 9.37 Å². The quantitative estimate of drug-likeness (QED) is 0.763. The number of pyridine rings is 1. The third-order valence-corrected chi connectivity index (χ3v) is 3.14. The molecule has 0 N–H and O–H groups in total. The summed E-state index contributed by atoms with van der Waals surface area (Å²) in [7, 11) is 0. The number of halogens is 3. The topological polar surface area (TPSA) is 22.1 Å². The Labute approximate surface area is 115 Å². The van der Waals surface area contributed by atoms with Crippen LogP contribution in [0.2, 0.25) is 0 Å². The zero-order chi connectivity index (χ0) is 12.4. The highest BCUT2D eigenvalue weighted by molar-refractivity contribution is 9.11. The lowest BCUT2D eigenvalue weighted by molar-refractivity contribution is 0.423. The average Bonchev–Trinajstić information content (AvgIpc) is 2.28. The highest BCUT2D eigenvalue weighted by atomic mass is 79.9. The van der Waals surface area contributed by atoms with Crippen molar-refractivity contribution < 1.29 is 9.13 Å². The SMILES string of the molecule is Cc1cccc(Oc2ncc(Br)cc2Br)c1F. The van der Waals surface area contributed by atoms with Gasteiger partial charge in [0.25, 0.3) is 0 Å². The number of ether oxygens (including phenoxy) is 1. The maximum absolute atomic E-state index is 13.7. The zero-order valence-corrected chi connectivity index (χ0v) is 12.0. The molecule has 1 aromatic heterocycles. The van der Waals surface area contributed by atoms with Crippen molar-refractivity contribution in [3.8, 4) is 11.6 Å². The van der Waals surface area contributed by atoms with E-state index < -0.39 is 0 Å². The van der Waals surface area contributed by atoms with Crippen LogP contribution in [0.4, 0.5) is 4.39 Å². The van der Waals surface area contributed by atoms with Crippen LogP contribution in [0.5, 0.6) is 11.6 Å². The summed E-state index contributed by atoms with van der Waals surface area (Å²) in [6, 6.07) is 6.78. The molecule has 17 heavy (non-hydrogen) atoms. The molecule has 0 aliphatic heterocycles. The van der Waals surface area contributed by atoms with Crippen LogP contribution in [0.25, 0.3) is 0 Å². The maximum Gasteiger partial charge on any atom is 0.233 e. The molecule has 0 fully saturated rings. The van der Waals surface area contributed by atoms with Gasteiger partial charge in [-0.3, -0.25) is 0 Å². The summed E-state index contributed by atoms with van der Waals surface area (Å²) >= 11 is 6.59. The maximum atomic E-state index is 13.7. The molecule has 0 aliphatic rings. The van der Waals surface area contributed by atoms with E-state index in [9.17, 15) is 4.39 Å². The van der Waals surface area contributed by atoms with E-state index in [1.807, 2.05) is 0 Å². The van der Waals surface area contributed by atoms with E-state index in [0.29, 0.717) is 15.9 Å². The minimum absolute atomic E-state index is 0.167. The normalized spacial score (nSPS) is 10.4. The third-order valence-electron chi connectivity index (χ3n) is 2.14. The minimum atomic E-state index is -0.371. The number of hydrogen-bond donors (Lipinski definition) is 0. The van der Waals surface area contributed by atoms with Crippen LogP contribution >= 0.6 is 31.9 Å². The van der Waals surface area contributed by atoms with Crippen LogP contribution in [-0.2, 0) is 0 Å². The van der Waals surface area contributed by atoms with Gasteiger partial charge >= 0.3 is 0 Å². The number of rotatable bonds is 2. The van der Waals surface area contributed by atoms with Gasteiger partial charge in [-0.15, -0.1) is 0 Å². The Morgan fingerprint density at radius 2 is 2.06 bits per heavy atom. The lowest BCUT2D eigenvalue weighted by Gasteiger charge is -2.08. The number of nitrogens with zero attached hydrogens (tertiary/aromatic N) is 1. The zero-order valence-electron chi connectivity index (χ0n) is 8.88. The Bertz CT molecular complexity index is 560. The molecular weight excluding hydrogens is 353 g/mol. The summed E-state index contributed by atoms with van der Waals surface area (Å²) < 4.78 is 20.6. The van der Waals surface area contributed by atoms with Gasteiger partial charge in [0.05, 0.1) is 4.47 Å². The third kappa shape index (κ3) is 2.84. The molecule has 0 radical (unpaired) electrons. The second-order valence-electron chi connectivity index (χ2n) is 3.43. The number of hydrogen-bond acceptors (Lipinski definition) is 2. The van der Waals surface area contributed by atoms with Crippen molar-refractivity contribution >= 4 is 31.9 Å². The van der Waals surface area contributed by atoms with Crippen LogP contribution < -0.4 is 4.74 Å². The molecule has 1 aromatic carbocycles. The first-order valence-electron chi connectivity index (χ1n) is 4.82. The van der Waals surface area contributed by atoms with Gasteiger partial charge in [0.15, 0.2) is 11.6 Å². The lowest BCUT2D eigenvalue weighted by Crippen LogP contribution is -1.93. The van der Waals surface area contributed by atoms with Crippen molar-refractivity contribution in [2.24, 2.45) is 0 Å². The standard InChI is InChI=1S/C12H8Br2FNO/c1-7-3-2-4-10(11(7)15)17-12-9(14)5-8(13)6-16-12/h2-6H,1H3. The number of benzene rings is 1. The Balaban J connectivity index is 2.35. The predicted octanol–water partition coefficient (Wildman–Crippen LogP) is 4.85. The first-order valence-corrected chi connectivity index (χ1v) is 6.40. The van der Waals surface area contributed by atoms with Crippen molar-refractivity contribution in [3.63, 3.8) is 0 Å². The first kappa shape index (κ1) is 12.5. The molecular formula is C12H8Br2FNO. The Morgan fingerprint density at radius 1 is 1.29 bits per heavy atom. The smallest absolute Gasteiger partial charge is 0.233 e. The van der Waals surface area contributed by atoms with E-state index in [-0.39, 0.29) is 11.6 Å². The molecule has 2 rings (SSSR count). The molecule has 0 spiro atoms. The molecule has 0 aliphatic carbocycles. The fraction of sp³-hybridized carbons (Fsp3) is 0.0833. The van der Waals surface area contributed by atoms with Crippen LogP contribution in [0.3, 0.4) is 0 Å². The van der Waals surface area contributed by atoms with Gasteiger partial charge in [0, 0.05) is 10.7 Å². The van der Waals surface area contributed by atoms with Crippen LogP contribution in [-0.4, -0.2) is 4.98 Å². The van der Waals surface area contributed by atoms with Crippen LogP contribution in [0.15, 0.2) is 39.4 Å². The van der Waals surface area contributed by atoms with Crippen LogP contribution in [0.1, 0.15) is 5.56 Å². The minimum Gasteiger partial charge on any atom is -0.435 e. The van der Waals surface area contributed by atoms with Gasteiger partial charge in [0.2, 0.25) is 5.88 Å². The summed E-state index contributed by atoms with van der Waals surface area (Å²) in [5.41, 5.74) is 0.538. The van der Waals surface area contributed by atoms with E-state index in [4.69, 9.17) is 4.74 Å². The van der Waals surface area contributed by atoms with E-state index in [1.165, 1.54) is 0 Å². The molecule has 5 heteroatoms. The molecule has 0 saturated carbocycles. The van der Waals surface area contributed by atoms with E-state index in [0.717, 1.165) is 4.47 Å². The average molecular weight is 361 g/mol. The van der Waals surface area contributed by atoms with E-state index in [2.05, 4.69) is 36.8 Å². The van der Waals surface area contributed by atoms with Crippen molar-refractivity contribution in [3.05, 3.63) is 50.8 Å². The molecule has 0 amide bonds. The highest BCUT2D eigenvalue weighted by Gasteiger charge is 2.10. The molecule has 2 aromatic rings. The Morgan fingerprint density at radius 3 is 2.76 bits per heavy atom. The molecule has 0 bridgehead atoms. The fourth-order valence-corrected chi connectivity index (χ4v) is 2.35. The van der Waals surface area contributed by atoms with Crippen LogP contribution in [0, 0.1) is 12.7 Å². The largest absolute Gasteiger partial charge is 0.435 e. The molecule has 88 valence electrons. The molecule has 0 saturated heterocycles. The second-order valence-corrected chi connectivity index (χ2v) is 5.20. The summed E-state index contributed by atoms with van der Waals surface area (Å²) in [6.07, 6.45) is 1.59. The summed E-state index contributed by atoms with van der Waals surface area (Å²) in [4.78, 5) is 4.06. The highest BCUT2D eigenvalue weighted by Crippen LogP contribution is 2.31. The number of aromatic nitrogens is 1. The van der Waals surface area contributed by atoms with Gasteiger partial charge in [0.1, 0.15) is 0 Å². The fourth-order valence-electron chi connectivity index (χ4n) is 1.28. The van der Waals surface area contributed by atoms with E-state index >= 15 is 0 Å². The van der Waals surface area contributed by atoms with Crippen molar-refractivity contribution in [2.75, 3.05) is 0 Å². The molecule has 2 nitrogen and oxygen atoms in total. The summed E-state index contributed by atoms with van der Waals surface area (Å²) in [5, 5.41) is 0. The monoisotopic (exact) mass is 359 g/mol. The summed E-state index contributed by atoms with van der Waals surface area (Å²) in [5.74, 6) is 0.127. The van der Waals surface area contributed by atoms with Crippen molar-refractivity contribution in [1.82, 2.24) is 4.98 Å². The Hall–Kier alpha value is -0.940. The number of aryl methyl sites for hydroxylation is 1. The van der Waals surface area contributed by atoms with Crippen molar-refractivity contribution in [1.29, 1.82) is 0 Å². The van der Waals surface area contributed by atoms with Gasteiger partial charge < -0.3 is 4.74 Å². The predicted molar refractivity (Wildman–Crippen MR) is 70.8 cm³/mol. The van der Waals surface area contributed by atoms with Gasteiger partial charge in [-0.05, 0) is 56.5 Å².